The average Bonchev–Trinajstić information content (AvgIpc) is 1.82. The van der Waals surface area contributed by atoms with Gasteiger partial charge in [-0.15, -0.1) is 0 Å². The highest BCUT2D eigenvalue weighted by Gasteiger charge is 2.40. The van der Waals surface area contributed by atoms with E-state index in [-0.39, 0.29) is 6.54 Å². The summed E-state index contributed by atoms with van der Waals surface area (Å²) in [5.41, 5.74) is 0.509. The molecule has 0 aromatic carbocycles. The number of carbonyl (C=O) groups is 1. The third-order valence-electron chi connectivity index (χ3n) is 1.10. The van der Waals surface area contributed by atoms with E-state index in [9.17, 15) is 18.0 Å². The number of halogens is 3. The zero-order valence-electron chi connectivity index (χ0n) is 6.90. The molecule has 0 aliphatic heterocycles. The molecule has 0 bridgehead atoms. The highest BCUT2D eigenvalue weighted by molar-refractivity contribution is 5.81. The van der Waals surface area contributed by atoms with E-state index in [0.717, 1.165) is 7.05 Å². The monoisotopic (exact) mass is 181 g/mol. The molecule has 0 saturated carbocycles. The minimum absolute atomic E-state index is 0.0711. The Hall–Kier alpha value is -1.00. The van der Waals surface area contributed by atoms with Gasteiger partial charge in [-0.25, -0.2) is 0 Å². The van der Waals surface area contributed by atoms with Gasteiger partial charge in [0.05, 0.1) is 0 Å². The molecule has 0 rings (SSSR count). The van der Waals surface area contributed by atoms with Crippen LogP contribution in [0, 0.1) is 0 Å². The van der Waals surface area contributed by atoms with Gasteiger partial charge in [-0.05, 0) is 6.92 Å². The van der Waals surface area contributed by atoms with E-state index in [1.807, 2.05) is 0 Å². The lowest BCUT2D eigenvalue weighted by molar-refractivity contribution is -0.183. The first-order chi connectivity index (χ1) is 5.25. The molecule has 0 aromatic heterocycles. The van der Waals surface area contributed by atoms with Crippen molar-refractivity contribution in [1.82, 2.24) is 4.90 Å². The summed E-state index contributed by atoms with van der Waals surface area (Å²) in [5, 5.41) is 0. The molecule has 0 atom stereocenters. The van der Waals surface area contributed by atoms with E-state index in [2.05, 4.69) is 6.58 Å². The maximum Gasteiger partial charge on any atom is 0.471 e. The number of likely N-dealkylation sites (N-methyl/N-ethyl adjacent to an activating group) is 1. The summed E-state index contributed by atoms with van der Waals surface area (Å²) >= 11 is 0. The van der Waals surface area contributed by atoms with Crippen molar-refractivity contribution in [1.29, 1.82) is 0 Å². The molecule has 0 aliphatic rings. The van der Waals surface area contributed by atoms with Crippen LogP contribution in [0.2, 0.25) is 0 Å². The molecule has 5 heteroatoms. The Morgan fingerprint density at radius 3 is 2.17 bits per heavy atom. The van der Waals surface area contributed by atoms with Crippen molar-refractivity contribution in [2.24, 2.45) is 0 Å². The van der Waals surface area contributed by atoms with Crippen LogP contribution in [-0.2, 0) is 4.79 Å². The predicted molar refractivity (Wildman–Crippen MR) is 38.5 cm³/mol. The summed E-state index contributed by atoms with van der Waals surface area (Å²) in [5.74, 6) is -1.84. The lowest BCUT2D eigenvalue weighted by Gasteiger charge is -2.18. The molecule has 12 heavy (non-hydrogen) atoms. The molecular formula is C7H10F3NO. The number of amides is 1. The fourth-order valence-corrected chi connectivity index (χ4v) is 0.693. The lowest BCUT2D eigenvalue weighted by Crippen LogP contribution is -2.39. The summed E-state index contributed by atoms with van der Waals surface area (Å²) in [6, 6.07) is 0. The van der Waals surface area contributed by atoms with E-state index in [0.29, 0.717) is 10.5 Å². The van der Waals surface area contributed by atoms with Gasteiger partial charge in [0, 0.05) is 13.6 Å². The maximum absolute atomic E-state index is 11.7. The van der Waals surface area contributed by atoms with Gasteiger partial charge in [-0.1, -0.05) is 12.2 Å². The van der Waals surface area contributed by atoms with Gasteiger partial charge < -0.3 is 4.90 Å². The van der Waals surface area contributed by atoms with Gasteiger partial charge in [-0.3, -0.25) is 4.79 Å². The molecule has 0 N–H and O–H groups in total. The van der Waals surface area contributed by atoms with E-state index < -0.39 is 12.1 Å². The lowest BCUT2D eigenvalue weighted by atomic mass is 10.3. The average molecular weight is 181 g/mol. The fourth-order valence-electron chi connectivity index (χ4n) is 0.693. The van der Waals surface area contributed by atoms with Crippen LogP contribution < -0.4 is 0 Å². The standard InChI is InChI=1S/C7H10F3NO/c1-5(2)4-11(3)6(12)7(8,9)10/h1,4H2,2-3H3. The molecule has 1 amide bonds. The maximum atomic E-state index is 11.7. The van der Waals surface area contributed by atoms with Gasteiger partial charge in [0.2, 0.25) is 0 Å². The van der Waals surface area contributed by atoms with Crippen LogP contribution >= 0.6 is 0 Å². The normalized spacial score (nSPS) is 11.1. The summed E-state index contributed by atoms with van der Waals surface area (Å²) < 4.78 is 35.2. The van der Waals surface area contributed by atoms with Crippen LogP contribution in [0.1, 0.15) is 6.92 Å². The number of hydrogen-bond donors (Lipinski definition) is 0. The molecule has 0 radical (unpaired) electrons. The number of nitrogens with zero attached hydrogens (tertiary/aromatic N) is 1. The third kappa shape index (κ3) is 3.41. The Morgan fingerprint density at radius 2 is 1.92 bits per heavy atom. The fraction of sp³-hybridized carbons (Fsp3) is 0.571. The summed E-state index contributed by atoms with van der Waals surface area (Å²) in [6.07, 6.45) is -4.79. The van der Waals surface area contributed by atoms with Gasteiger partial charge in [0.25, 0.3) is 0 Å². The number of carbonyl (C=O) groups excluding carboxylic acids is 1. The number of hydrogen-bond acceptors (Lipinski definition) is 1. The second-order valence-corrected chi connectivity index (χ2v) is 2.62. The van der Waals surface area contributed by atoms with Crippen LogP contribution in [0.25, 0.3) is 0 Å². The number of rotatable bonds is 2. The van der Waals surface area contributed by atoms with Gasteiger partial charge in [0.1, 0.15) is 0 Å². The number of alkyl halides is 3. The van der Waals surface area contributed by atoms with Gasteiger partial charge in [-0.2, -0.15) is 13.2 Å². The Labute approximate surface area is 68.7 Å². The molecular weight excluding hydrogens is 171 g/mol. The molecule has 0 fully saturated rings. The minimum atomic E-state index is -4.79. The Kier molecular flexibility index (Phi) is 3.30. The summed E-state index contributed by atoms with van der Waals surface area (Å²) in [6.45, 7) is 4.88. The first-order valence-electron chi connectivity index (χ1n) is 3.22. The van der Waals surface area contributed by atoms with E-state index in [1.165, 1.54) is 0 Å². The SMILES string of the molecule is C=C(C)CN(C)C(=O)C(F)(F)F. The van der Waals surface area contributed by atoms with E-state index >= 15 is 0 Å². The molecule has 0 aromatic rings. The van der Waals surface area contributed by atoms with Gasteiger partial charge in [0.15, 0.2) is 0 Å². The Morgan fingerprint density at radius 1 is 1.50 bits per heavy atom. The van der Waals surface area contributed by atoms with Crippen molar-refractivity contribution in [2.45, 2.75) is 13.1 Å². The van der Waals surface area contributed by atoms with E-state index in [1.54, 1.807) is 6.92 Å². The molecule has 0 unspecified atom stereocenters. The topological polar surface area (TPSA) is 20.3 Å². The summed E-state index contributed by atoms with van der Waals surface area (Å²) in [7, 11) is 1.09. The molecule has 0 spiro atoms. The van der Waals surface area contributed by atoms with Crippen molar-refractivity contribution >= 4 is 5.91 Å². The molecule has 70 valence electrons. The summed E-state index contributed by atoms with van der Waals surface area (Å²) in [4.78, 5) is 11.0. The Bertz CT molecular complexity index is 197. The van der Waals surface area contributed by atoms with Crippen LogP contribution in [0.4, 0.5) is 13.2 Å². The van der Waals surface area contributed by atoms with Crippen molar-refractivity contribution in [2.75, 3.05) is 13.6 Å². The predicted octanol–water partition coefficient (Wildman–Crippen LogP) is 1.58. The highest BCUT2D eigenvalue weighted by Crippen LogP contribution is 2.17. The quantitative estimate of drug-likeness (QED) is 0.592. The van der Waals surface area contributed by atoms with E-state index in [4.69, 9.17) is 0 Å². The zero-order valence-corrected chi connectivity index (χ0v) is 6.90. The first kappa shape index (κ1) is 11.0. The Balaban J connectivity index is 4.21. The first-order valence-corrected chi connectivity index (χ1v) is 3.22. The zero-order chi connectivity index (χ0) is 9.94. The molecule has 0 saturated heterocycles. The van der Waals surface area contributed by atoms with Crippen LogP contribution in [0.5, 0.6) is 0 Å². The van der Waals surface area contributed by atoms with Crippen molar-refractivity contribution in [3.05, 3.63) is 12.2 Å². The van der Waals surface area contributed by atoms with Crippen molar-refractivity contribution in [3.8, 4) is 0 Å². The molecule has 0 aliphatic carbocycles. The van der Waals surface area contributed by atoms with Crippen LogP contribution in [0.3, 0.4) is 0 Å². The molecule has 0 heterocycles. The van der Waals surface area contributed by atoms with Crippen LogP contribution in [-0.4, -0.2) is 30.6 Å². The smallest absolute Gasteiger partial charge is 0.334 e. The second-order valence-electron chi connectivity index (χ2n) is 2.62. The molecule has 2 nitrogen and oxygen atoms in total. The minimum Gasteiger partial charge on any atom is -0.334 e. The largest absolute Gasteiger partial charge is 0.471 e. The second kappa shape index (κ2) is 3.60. The van der Waals surface area contributed by atoms with Crippen LogP contribution in [0.15, 0.2) is 12.2 Å². The van der Waals surface area contributed by atoms with Gasteiger partial charge >= 0.3 is 12.1 Å². The third-order valence-corrected chi connectivity index (χ3v) is 1.10. The highest BCUT2D eigenvalue weighted by atomic mass is 19.4. The van der Waals surface area contributed by atoms with Crippen molar-refractivity contribution < 1.29 is 18.0 Å². The van der Waals surface area contributed by atoms with Crippen molar-refractivity contribution in [3.63, 3.8) is 0 Å².